The lowest BCUT2D eigenvalue weighted by Gasteiger charge is -2.28. The zero-order valence-corrected chi connectivity index (χ0v) is 16.1. The number of nitrogens with one attached hydrogen (secondary N) is 2. The Labute approximate surface area is 165 Å². The Morgan fingerprint density at radius 1 is 1.19 bits per heavy atom. The van der Waals surface area contributed by atoms with Crippen molar-refractivity contribution in [3.05, 3.63) is 47.8 Å². The van der Waals surface area contributed by atoms with Crippen LogP contribution in [0.5, 0.6) is 0 Å². The molecule has 0 radical (unpaired) electrons. The summed E-state index contributed by atoms with van der Waals surface area (Å²) in [5.41, 5.74) is 1.80. The first kappa shape index (κ1) is 17.8. The van der Waals surface area contributed by atoms with E-state index in [9.17, 15) is 9.59 Å². The molecule has 1 aliphatic heterocycles. The van der Waals surface area contributed by atoms with Crippen molar-refractivity contribution in [1.82, 2.24) is 10.2 Å². The van der Waals surface area contributed by atoms with Crippen molar-refractivity contribution in [2.45, 2.75) is 17.7 Å². The summed E-state index contributed by atoms with van der Waals surface area (Å²) in [6.45, 7) is 0.672. The first-order valence-corrected chi connectivity index (χ1v) is 10.5. The van der Waals surface area contributed by atoms with Crippen LogP contribution in [0.4, 0.5) is 11.5 Å². The van der Waals surface area contributed by atoms with Crippen LogP contribution in [0.1, 0.15) is 12.8 Å². The van der Waals surface area contributed by atoms with Crippen LogP contribution >= 0.6 is 23.1 Å². The number of benzene rings is 1. The molecule has 1 aliphatic rings. The molecule has 27 heavy (non-hydrogen) atoms. The molecule has 2 N–H and O–H groups in total. The molecule has 138 valence electrons. The molecule has 0 spiro atoms. The fourth-order valence-electron chi connectivity index (χ4n) is 2.93. The van der Waals surface area contributed by atoms with Crippen LogP contribution in [0.3, 0.4) is 0 Å². The number of amides is 2. The molecule has 0 fully saturated rings. The second-order valence-corrected chi connectivity index (χ2v) is 8.14. The third-order valence-electron chi connectivity index (χ3n) is 4.23. The van der Waals surface area contributed by atoms with Crippen molar-refractivity contribution in [3.63, 3.8) is 0 Å². The van der Waals surface area contributed by atoms with Gasteiger partial charge in [-0.25, -0.2) is 0 Å². The molecule has 0 bridgehead atoms. The number of anilines is 2. The molecule has 0 saturated heterocycles. The molecule has 0 saturated carbocycles. The molecule has 1 aromatic carbocycles. The Morgan fingerprint density at radius 3 is 2.93 bits per heavy atom. The molecule has 0 atom stereocenters. The van der Waals surface area contributed by atoms with Gasteiger partial charge in [-0.15, -0.1) is 23.1 Å². The van der Waals surface area contributed by atoms with Gasteiger partial charge in [-0.1, -0.05) is 18.2 Å². The first-order chi connectivity index (χ1) is 13.2. The van der Waals surface area contributed by atoms with Crippen molar-refractivity contribution in [3.8, 4) is 10.6 Å². The Balaban J connectivity index is 1.33. The van der Waals surface area contributed by atoms with Crippen LogP contribution in [0, 0.1) is 0 Å². The molecule has 0 aliphatic carbocycles. The normalized spacial score (nSPS) is 13.3. The number of carbonyl (C=O) groups excluding carboxylic acids is 2. The average molecular weight is 399 g/mol. The third-order valence-corrected chi connectivity index (χ3v) is 6.17. The molecule has 3 aromatic rings. The van der Waals surface area contributed by atoms with Crippen LogP contribution in [0.25, 0.3) is 10.6 Å². The smallest absolute Gasteiger partial charge is 0.227 e. The van der Waals surface area contributed by atoms with E-state index in [1.54, 1.807) is 34.1 Å². The number of hydrogen-bond acceptors (Lipinski definition) is 5. The maximum atomic E-state index is 12.6. The minimum Gasteiger partial charge on any atom is -0.310 e. The highest BCUT2D eigenvalue weighted by atomic mass is 32.2. The van der Waals surface area contributed by atoms with Crippen molar-refractivity contribution in [1.29, 1.82) is 0 Å². The summed E-state index contributed by atoms with van der Waals surface area (Å²) in [7, 11) is 0. The maximum absolute atomic E-state index is 12.6. The predicted molar refractivity (Wildman–Crippen MR) is 109 cm³/mol. The van der Waals surface area contributed by atoms with E-state index >= 15 is 0 Å². The van der Waals surface area contributed by atoms with Gasteiger partial charge in [-0.3, -0.25) is 14.7 Å². The highest BCUT2D eigenvalue weighted by Gasteiger charge is 2.23. The summed E-state index contributed by atoms with van der Waals surface area (Å²) in [5, 5.41) is 11.8. The Kier molecular flexibility index (Phi) is 5.26. The maximum Gasteiger partial charge on any atom is 0.227 e. The second kappa shape index (κ2) is 7.98. The summed E-state index contributed by atoms with van der Waals surface area (Å²) < 4.78 is 0. The van der Waals surface area contributed by atoms with Gasteiger partial charge >= 0.3 is 0 Å². The van der Waals surface area contributed by atoms with Gasteiger partial charge in [-0.05, 0) is 23.6 Å². The molecular weight excluding hydrogens is 380 g/mol. The zero-order valence-electron chi connectivity index (χ0n) is 14.5. The molecular formula is C19H18N4O2S2. The highest BCUT2D eigenvalue weighted by molar-refractivity contribution is 7.99. The number of aromatic nitrogens is 2. The number of carbonyl (C=O) groups is 2. The van der Waals surface area contributed by atoms with Crippen molar-refractivity contribution < 1.29 is 9.59 Å². The Bertz CT molecular complexity index is 952. The van der Waals surface area contributed by atoms with Gasteiger partial charge in [0.2, 0.25) is 11.8 Å². The molecule has 8 heteroatoms. The first-order valence-electron chi connectivity index (χ1n) is 8.62. The molecule has 3 heterocycles. The lowest BCUT2D eigenvalue weighted by molar-refractivity contribution is -0.122. The molecule has 6 nitrogen and oxygen atoms in total. The summed E-state index contributed by atoms with van der Waals surface area (Å²) in [6, 6.07) is 13.6. The lowest BCUT2D eigenvalue weighted by atomic mass is 10.2. The largest absolute Gasteiger partial charge is 0.310 e. The third kappa shape index (κ3) is 4.06. The molecule has 2 aromatic heterocycles. The highest BCUT2D eigenvalue weighted by Crippen LogP contribution is 2.34. The summed E-state index contributed by atoms with van der Waals surface area (Å²) in [5.74, 6) is 1.09. The van der Waals surface area contributed by atoms with Crippen LogP contribution in [0.2, 0.25) is 0 Å². The summed E-state index contributed by atoms with van der Waals surface area (Å²) >= 11 is 3.35. The van der Waals surface area contributed by atoms with Crippen LogP contribution in [-0.4, -0.2) is 34.3 Å². The van der Waals surface area contributed by atoms with Crippen molar-refractivity contribution >= 4 is 46.4 Å². The number of para-hydroxylation sites is 1. The summed E-state index contributed by atoms with van der Waals surface area (Å²) in [4.78, 5) is 28.7. The predicted octanol–water partition coefficient (Wildman–Crippen LogP) is 4.00. The van der Waals surface area contributed by atoms with Crippen LogP contribution in [-0.2, 0) is 9.59 Å². The standard InChI is InChI=1S/C19H18N4O2S2/c24-18(20-17-12-13(21-22-17)15-6-3-10-26-15)7-8-19(25)23-9-11-27-16-5-2-1-4-14(16)23/h1-6,10,12H,7-9,11H2,(H2,20,21,22,24). The number of nitrogens with zero attached hydrogens (tertiary/aromatic N) is 2. The van der Waals surface area contributed by atoms with Gasteiger partial charge in [0.05, 0.1) is 16.3 Å². The van der Waals surface area contributed by atoms with Crippen LogP contribution < -0.4 is 10.2 Å². The van der Waals surface area contributed by atoms with E-state index in [1.165, 1.54) is 0 Å². The van der Waals surface area contributed by atoms with E-state index in [2.05, 4.69) is 15.5 Å². The number of rotatable bonds is 5. The SMILES string of the molecule is O=C(CCC(=O)N1CCSc2ccccc21)Nc1cc(-c2cccs2)[nH]n1. The molecule has 2 amide bonds. The number of thioether (sulfide) groups is 1. The van der Waals surface area contributed by atoms with E-state index in [0.717, 1.165) is 26.9 Å². The number of H-pyrrole nitrogens is 1. The molecule has 4 rings (SSSR count). The minimum absolute atomic E-state index is 0.0285. The van der Waals surface area contributed by atoms with Gasteiger partial charge in [0.1, 0.15) is 0 Å². The topological polar surface area (TPSA) is 78.1 Å². The van der Waals surface area contributed by atoms with Gasteiger partial charge in [0.15, 0.2) is 5.82 Å². The zero-order chi connectivity index (χ0) is 18.6. The van der Waals surface area contributed by atoms with Gasteiger partial charge in [0, 0.05) is 36.1 Å². The fraction of sp³-hybridized carbons (Fsp3) is 0.211. The lowest BCUT2D eigenvalue weighted by Crippen LogP contribution is -2.35. The fourth-order valence-corrected chi connectivity index (χ4v) is 4.62. The number of hydrogen-bond donors (Lipinski definition) is 2. The number of aromatic amines is 1. The number of fused-ring (bicyclic) bond motifs is 1. The van der Waals surface area contributed by atoms with Gasteiger partial charge in [-0.2, -0.15) is 5.10 Å². The second-order valence-electron chi connectivity index (χ2n) is 6.05. The molecule has 0 unspecified atom stereocenters. The van der Waals surface area contributed by atoms with Crippen molar-refractivity contribution in [2.75, 3.05) is 22.5 Å². The van der Waals surface area contributed by atoms with Crippen molar-refractivity contribution in [2.24, 2.45) is 0 Å². The average Bonchev–Trinajstić information content (AvgIpc) is 3.37. The monoisotopic (exact) mass is 398 g/mol. The van der Waals surface area contributed by atoms with E-state index in [4.69, 9.17) is 0 Å². The van der Waals surface area contributed by atoms with E-state index in [-0.39, 0.29) is 24.7 Å². The quantitative estimate of drug-likeness (QED) is 0.681. The Morgan fingerprint density at radius 2 is 2.07 bits per heavy atom. The number of thiophene rings is 1. The van der Waals surface area contributed by atoms with Gasteiger partial charge in [0.25, 0.3) is 0 Å². The van der Waals surface area contributed by atoms with E-state index in [0.29, 0.717) is 12.4 Å². The Hall–Kier alpha value is -2.58. The van der Waals surface area contributed by atoms with Gasteiger partial charge < -0.3 is 10.2 Å². The van der Waals surface area contributed by atoms with E-state index < -0.39 is 0 Å². The minimum atomic E-state index is -0.216. The summed E-state index contributed by atoms with van der Waals surface area (Å²) in [6.07, 6.45) is 0.304. The van der Waals surface area contributed by atoms with Crippen LogP contribution in [0.15, 0.2) is 52.7 Å². The van der Waals surface area contributed by atoms with E-state index in [1.807, 2.05) is 41.8 Å².